The van der Waals surface area contributed by atoms with E-state index in [1.54, 1.807) is 48.5 Å². The number of rotatable bonds is 8. The minimum atomic E-state index is -0.672. The number of aromatic nitrogens is 2. The van der Waals surface area contributed by atoms with Crippen LogP contribution in [0.3, 0.4) is 0 Å². The summed E-state index contributed by atoms with van der Waals surface area (Å²) in [6, 6.07) is 16.4. The van der Waals surface area contributed by atoms with Crippen molar-refractivity contribution in [2.24, 2.45) is 5.10 Å². The van der Waals surface area contributed by atoms with Gasteiger partial charge < -0.3 is 10.1 Å². The Morgan fingerprint density at radius 2 is 1.97 bits per heavy atom. The highest BCUT2D eigenvalue weighted by Crippen LogP contribution is 2.34. The molecule has 0 bridgehead atoms. The van der Waals surface area contributed by atoms with E-state index in [4.69, 9.17) is 16.3 Å². The first kappa shape index (κ1) is 27.0. The molecule has 0 fully saturated rings. The van der Waals surface area contributed by atoms with E-state index in [2.05, 4.69) is 31.3 Å². The lowest BCUT2D eigenvalue weighted by Gasteiger charge is -2.13. The normalized spacial score (nSPS) is 11.3. The van der Waals surface area contributed by atoms with Gasteiger partial charge in [0.2, 0.25) is 5.75 Å². The fourth-order valence-corrected chi connectivity index (χ4v) is 4.20. The highest BCUT2D eigenvalue weighted by atomic mass is 79.9. The molecule has 0 saturated heterocycles. The molecule has 4 aromatic rings. The fraction of sp³-hybridized carbons (Fsp3) is 0.154. The van der Waals surface area contributed by atoms with Gasteiger partial charge in [-0.25, -0.2) is 4.98 Å². The van der Waals surface area contributed by atoms with Crippen LogP contribution in [0.5, 0.6) is 5.75 Å². The molecule has 194 valence electrons. The zero-order valence-corrected chi connectivity index (χ0v) is 22.6. The number of carbonyl (C=O) groups is 1. The fourth-order valence-electron chi connectivity index (χ4n) is 3.62. The Hall–Kier alpha value is -4.09. The zero-order chi connectivity index (χ0) is 27.4. The number of anilines is 1. The molecular weight excluding hydrogens is 578 g/mol. The lowest BCUT2D eigenvalue weighted by atomic mass is 10.1. The van der Waals surface area contributed by atoms with Crippen molar-refractivity contribution >= 4 is 61.9 Å². The molecule has 10 nitrogen and oxygen atoms in total. The monoisotopic (exact) mass is 597 g/mol. The molecule has 0 aliphatic carbocycles. The van der Waals surface area contributed by atoms with Crippen LogP contribution in [-0.4, -0.2) is 33.3 Å². The van der Waals surface area contributed by atoms with Crippen molar-refractivity contribution in [3.05, 3.63) is 102 Å². The molecule has 4 rings (SSSR count). The number of benzene rings is 3. The highest BCUT2D eigenvalue weighted by Gasteiger charge is 2.22. The molecule has 1 amide bonds. The van der Waals surface area contributed by atoms with Gasteiger partial charge in [-0.1, -0.05) is 59.6 Å². The Morgan fingerprint density at radius 1 is 1.24 bits per heavy atom. The third-order valence-electron chi connectivity index (χ3n) is 5.33. The topological polar surface area (TPSA) is 129 Å². The number of hydrogen-bond acceptors (Lipinski definition) is 7. The molecule has 0 aliphatic rings. The van der Waals surface area contributed by atoms with Gasteiger partial charge in [-0.2, -0.15) is 9.78 Å². The van der Waals surface area contributed by atoms with E-state index in [0.29, 0.717) is 26.9 Å². The molecule has 0 radical (unpaired) electrons. The van der Waals surface area contributed by atoms with Crippen molar-refractivity contribution in [3.63, 3.8) is 0 Å². The summed E-state index contributed by atoms with van der Waals surface area (Å²) in [4.78, 5) is 41.4. The molecule has 1 aromatic heterocycles. The molecule has 3 aromatic carbocycles. The van der Waals surface area contributed by atoms with Crippen molar-refractivity contribution in [1.82, 2.24) is 9.66 Å². The number of halogens is 2. The number of amides is 1. The summed E-state index contributed by atoms with van der Waals surface area (Å²) in [5.74, 6) is -0.519. The maximum atomic E-state index is 13.3. The Morgan fingerprint density at radius 3 is 2.66 bits per heavy atom. The first-order valence-electron chi connectivity index (χ1n) is 11.4. The number of hydrogen-bond donors (Lipinski definition) is 1. The average molecular weight is 599 g/mol. The standard InChI is InChI=1S/C26H21BrClN5O5/c1-15(2)25-31-21-9-8-17(27)11-20(21)26(35)32(25)29-13-16-10-18(28)12-22(33(36)37)24(16)38-14-23(34)30-19-6-4-3-5-7-19/h3-13,15H,14H2,1-2H3,(H,30,34). The second kappa shape index (κ2) is 11.5. The molecule has 0 saturated carbocycles. The largest absolute Gasteiger partial charge is 0.476 e. The van der Waals surface area contributed by atoms with Crippen LogP contribution in [-0.2, 0) is 4.79 Å². The van der Waals surface area contributed by atoms with E-state index in [1.165, 1.54) is 12.3 Å². The summed E-state index contributed by atoms with van der Waals surface area (Å²) in [5, 5.41) is 19.1. The van der Waals surface area contributed by atoms with Crippen molar-refractivity contribution in [2.75, 3.05) is 11.9 Å². The minimum absolute atomic E-state index is 0.0521. The van der Waals surface area contributed by atoms with Crippen molar-refractivity contribution in [2.45, 2.75) is 19.8 Å². The zero-order valence-electron chi connectivity index (χ0n) is 20.2. The number of fused-ring (bicyclic) bond motifs is 1. The molecule has 38 heavy (non-hydrogen) atoms. The van der Waals surface area contributed by atoms with Gasteiger partial charge in [-0.05, 0) is 36.4 Å². The molecule has 0 spiro atoms. The molecular formula is C26H21BrClN5O5. The Balaban J connectivity index is 1.74. The Labute approximate surface area is 230 Å². The quantitative estimate of drug-likeness (QED) is 0.156. The van der Waals surface area contributed by atoms with Gasteiger partial charge in [0.05, 0.1) is 22.0 Å². The Kier molecular flexibility index (Phi) is 8.18. The molecule has 1 heterocycles. The number of nitrogens with one attached hydrogen (secondary N) is 1. The number of nitrogens with zero attached hydrogens (tertiary/aromatic N) is 4. The third-order valence-corrected chi connectivity index (χ3v) is 6.04. The smallest absolute Gasteiger partial charge is 0.313 e. The first-order chi connectivity index (χ1) is 18.1. The van der Waals surface area contributed by atoms with Crippen LogP contribution < -0.4 is 15.6 Å². The Bertz CT molecular complexity index is 1620. The van der Waals surface area contributed by atoms with Gasteiger partial charge in [0.1, 0.15) is 5.82 Å². The summed E-state index contributed by atoms with van der Waals surface area (Å²) >= 11 is 9.50. The second-order valence-electron chi connectivity index (χ2n) is 8.45. The summed E-state index contributed by atoms with van der Waals surface area (Å²) in [5.41, 5.74) is 0.290. The van der Waals surface area contributed by atoms with Crippen LogP contribution in [0.2, 0.25) is 5.02 Å². The maximum absolute atomic E-state index is 13.3. The van der Waals surface area contributed by atoms with E-state index in [0.717, 1.165) is 10.7 Å². The van der Waals surface area contributed by atoms with Crippen LogP contribution in [0.4, 0.5) is 11.4 Å². The van der Waals surface area contributed by atoms with E-state index < -0.39 is 28.7 Å². The molecule has 0 unspecified atom stereocenters. The number of para-hydroxylation sites is 1. The maximum Gasteiger partial charge on any atom is 0.313 e. The summed E-state index contributed by atoms with van der Waals surface area (Å²) < 4.78 is 7.43. The van der Waals surface area contributed by atoms with Crippen LogP contribution in [0.15, 0.2) is 75.0 Å². The molecule has 12 heteroatoms. The second-order valence-corrected chi connectivity index (χ2v) is 9.80. The number of nitro groups is 1. The van der Waals surface area contributed by atoms with Gasteiger partial charge in [-0.15, -0.1) is 0 Å². The first-order valence-corrected chi connectivity index (χ1v) is 12.5. The van der Waals surface area contributed by atoms with Crippen molar-refractivity contribution in [1.29, 1.82) is 0 Å². The number of carbonyl (C=O) groups excluding carboxylic acids is 1. The van der Waals surface area contributed by atoms with E-state index in [9.17, 15) is 19.7 Å². The van der Waals surface area contributed by atoms with E-state index >= 15 is 0 Å². The van der Waals surface area contributed by atoms with Gasteiger partial charge in [0, 0.05) is 32.7 Å². The number of ether oxygens (including phenoxy) is 1. The van der Waals surface area contributed by atoms with Gasteiger partial charge in [0.25, 0.3) is 11.5 Å². The average Bonchev–Trinajstić information content (AvgIpc) is 2.87. The van der Waals surface area contributed by atoms with Crippen LogP contribution in [0, 0.1) is 10.1 Å². The van der Waals surface area contributed by atoms with Crippen LogP contribution in [0.1, 0.15) is 31.2 Å². The lowest BCUT2D eigenvalue weighted by Crippen LogP contribution is -2.23. The SMILES string of the molecule is CC(C)c1nc2ccc(Br)cc2c(=O)n1N=Cc1cc(Cl)cc([N+](=O)[O-])c1OCC(=O)Nc1ccccc1. The molecule has 0 aliphatic heterocycles. The lowest BCUT2D eigenvalue weighted by molar-refractivity contribution is -0.385. The van der Waals surface area contributed by atoms with E-state index in [-0.39, 0.29) is 22.3 Å². The van der Waals surface area contributed by atoms with Crippen LogP contribution >= 0.6 is 27.5 Å². The highest BCUT2D eigenvalue weighted by molar-refractivity contribution is 9.10. The van der Waals surface area contributed by atoms with Gasteiger partial charge in [-0.3, -0.25) is 19.7 Å². The molecule has 1 N–H and O–H groups in total. The predicted octanol–water partition coefficient (Wildman–Crippen LogP) is 5.74. The summed E-state index contributed by atoms with van der Waals surface area (Å²) in [6.07, 6.45) is 1.22. The van der Waals surface area contributed by atoms with Gasteiger partial charge in [0.15, 0.2) is 6.61 Å². The summed E-state index contributed by atoms with van der Waals surface area (Å²) in [6.45, 7) is 3.21. The van der Waals surface area contributed by atoms with Gasteiger partial charge >= 0.3 is 5.69 Å². The van der Waals surface area contributed by atoms with E-state index in [1.807, 2.05) is 13.8 Å². The van der Waals surface area contributed by atoms with Crippen molar-refractivity contribution < 1.29 is 14.5 Å². The number of nitro benzene ring substituents is 1. The molecule has 0 atom stereocenters. The third kappa shape index (κ3) is 6.06. The minimum Gasteiger partial charge on any atom is -0.476 e. The summed E-state index contributed by atoms with van der Waals surface area (Å²) in [7, 11) is 0. The van der Waals surface area contributed by atoms with Crippen LogP contribution in [0.25, 0.3) is 10.9 Å². The predicted molar refractivity (Wildman–Crippen MR) is 149 cm³/mol. The van der Waals surface area contributed by atoms with Crippen molar-refractivity contribution in [3.8, 4) is 5.75 Å².